The lowest BCUT2D eigenvalue weighted by molar-refractivity contribution is -0.128. The number of ether oxygens (including phenoxy) is 1. The van der Waals surface area contributed by atoms with E-state index in [1.54, 1.807) is 37.3 Å². The Morgan fingerprint density at radius 1 is 1.14 bits per heavy atom. The maximum atomic E-state index is 13.2. The van der Waals surface area contributed by atoms with Gasteiger partial charge in [-0.25, -0.2) is 13.2 Å². The third kappa shape index (κ3) is 4.94. The van der Waals surface area contributed by atoms with E-state index in [1.165, 1.54) is 28.3 Å². The van der Waals surface area contributed by atoms with Crippen molar-refractivity contribution >= 4 is 39.2 Å². The summed E-state index contributed by atoms with van der Waals surface area (Å²) in [7, 11) is -3.78. The molecule has 9 nitrogen and oxygen atoms in total. The van der Waals surface area contributed by atoms with E-state index in [1.807, 2.05) is 6.92 Å². The van der Waals surface area contributed by atoms with Crippen LogP contribution in [0.15, 0.2) is 47.4 Å². The van der Waals surface area contributed by atoms with Crippen molar-refractivity contribution in [1.29, 1.82) is 0 Å². The van der Waals surface area contributed by atoms with Crippen molar-refractivity contribution in [3.05, 3.63) is 53.6 Å². The lowest BCUT2D eigenvalue weighted by Gasteiger charge is -2.32. The fourth-order valence-electron chi connectivity index (χ4n) is 4.47. The van der Waals surface area contributed by atoms with Gasteiger partial charge in [-0.1, -0.05) is 24.6 Å². The minimum atomic E-state index is -3.78. The van der Waals surface area contributed by atoms with Crippen molar-refractivity contribution in [2.24, 2.45) is 0 Å². The van der Waals surface area contributed by atoms with Gasteiger partial charge in [-0.3, -0.25) is 14.5 Å². The monoisotopic (exact) mass is 499 g/mol. The second kappa shape index (κ2) is 9.79. The number of nitrogens with zero attached hydrogens (tertiary/aromatic N) is 2. The number of carbonyl (C=O) groups is 3. The Hall–Kier alpha value is -3.24. The van der Waals surface area contributed by atoms with Crippen LogP contribution in [0, 0.1) is 6.92 Å². The number of piperidine rings is 1. The van der Waals surface area contributed by atoms with Crippen molar-refractivity contribution in [1.82, 2.24) is 4.31 Å². The van der Waals surface area contributed by atoms with Gasteiger partial charge in [-0.2, -0.15) is 4.31 Å². The van der Waals surface area contributed by atoms with Gasteiger partial charge in [0.1, 0.15) is 6.54 Å². The van der Waals surface area contributed by atoms with E-state index in [4.69, 9.17) is 4.74 Å². The molecule has 2 heterocycles. The van der Waals surface area contributed by atoms with Gasteiger partial charge >= 0.3 is 5.97 Å². The van der Waals surface area contributed by atoms with Crippen LogP contribution in [0.25, 0.3) is 0 Å². The Balaban J connectivity index is 1.54. The average Bonchev–Trinajstić information content (AvgIpc) is 2.83. The molecular formula is C25H29N3O6S. The number of hydrogen-bond acceptors (Lipinski definition) is 6. The first-order valence-corrected chi connectivity index (χ1v) is 13.1. The molecule has 2 aliphatic rings. The molecule has 0 unspecified atom stereocenters. The lowest BCUT2D eigenvalue weighted by Crippen LogP contribution is -2.47. The van der Waals surface area contributed by atoms with Crippen LogP contribution in [0.1, 0.15) is 49.0 Å². The van der Waals surface area contributed by atoms with Crippen LogP contribution in [0.2, 0.25) is 0 Å². The maximum Gasteiger partial charge on any atom is 0.339 e. The van der Waals surface area contributed by atoms with E-state index < -0.39 is 28.0 Å². The predicted octanol–water partition coefficient (Wildman–Crippen LogP) is 3.09. The summed E-state index contributed by atoms with van der Waals surface area (Å²) in [5, 5.41) is 2.71. The largest absolute Gasteiger partial charge is 0.449 e. The highest BCUT2D eigenvalue weighted by Gasteiger charge is 2.34. The fraction of sp³-hybridized carbons (Fsp3) is 0.400. The Morgan fingerprint density at radius 2 is 1.89 bits per heavy atom. The molecule has 1 fully saturated rings. The molecule has 0 bridgehead atoms. The summed E-state index contributed by atoms with van der Waals surface area (Å²) < 4.78 is 33.4. The number of esters is 1. The Kier molecular flexibility index (Phi) is 6.95. The van der Waals surface area contributed by atoms with Gasteiger partial charge in [0.05, 0.1) is 21.8 Å². The summed E-state index contributed by atoms with van der Waals surface area (Å²) >= 11 is 0. The molecule has 0 aromatic heterocycles. The van der Waals surface area contributed by atoms with Crippen LogP contribution in [0.4, 0.5) is 11.4 Å². The van der Waals surface area contributed by atoms with E-state index in [0.29, 0.717) is 23.5 Å². The van der Waals surface area contributed by atoms with Crippen LogP contribution < -0.4 is 10.2 Å². The van der Waals surface area contributed by atoms with E-state index in [-0.39, 0.29) is 29.0 Å². The number of carbonyl (C=O) groups excluding carboxylic acids is 3. The summed E-state index contributed by atoms with van der Waals surface area (Å²) in [6.07, 6.45) is 1.37. The molecular weight excluding hydrogens is 470 g/mol. The molecule has 1 saturated heterocycles. The Bertz CT molecular complexity index is 1280. The van der Waals surface area contributed by atoms with Gasteiger partial charge in [-0.15, -0.1) is 0 Å². The maximum absolute atomic E-state index is 13.2. The zero-order valence-electron chi connectivity index (χ0n) is 20.0. The second-order valence-corrected chi connectivity index (χ2v) is 10.9. The number of fused-ring (bicyclic) bond motifs is 1. The quantitative estimate of drug-likeness (QED) is 0.633. The molecule has 0 spiro atoms. The molecule has 2 atom stereocenters. The molecule has 10 heteroatoms. The number of nitrogens with one attached hydrogen (secondary N) is 1. The molecule has 35 heavy (non-hydrogen) atoms. The van der Waals surface area contributed by atoms with Gasteiger partial charge in [0.15, 0.2) is 6.10 Å². The SMILES string of the molecule is Cc1ccc(S(=O)(=O)N2CCCC[C@@H]2C)cc1C(=O)O[C@@H](C)C(=O)N1CC(=O)Nc2ccccc21. The number of benzene rings is 2. The van der Waals surface area contributed by atoms with Gasteiger partial charge in [0, 0.05) is 12.6 Å². The number of aryl methyl sites for hydroxylation is 1. The summed E-state index contributed by atoms with van der Waals surface area (Å²) in [4.78, 5) is 39.5. The minimum absolute atomic E-state index is 0.0180. The average molecular weight is 500 g/mol. The number of hydrogen-bond donors (Lipinski definition) is 1. The highest BCUT2D eigenvalue weighted by atomic mass is 32.2. The molecule has 4 rings (SSSR count). The smallest absolute Gasteiger partial charge is 0.339 e. The molecule has 186 valence electrons. The van der Waals surface area contributed by atoms with Crippen molar-refractivity contribution in [2.75, 3.05) is 23.3 Å². The summed E-state index contributed by atoms with van der Waals surface area (Å²) in [5.74, 6) is -1.71. The second-order valence-electron chi connectivity index (χ2n) is 8.97. The summed E-state index contributed by atoms with van der Waals surface area (Å²) in [6, 6.07) is 11.1. The van der Waals surface area contributed by atoms with Crippen molar-refractivity contribution in [3.8, 4) is 0 Å². The number of amides is 2. The van der Waals surface area contributed by atoms with E-state index in [2.05, 4.69) is 5.32 Å². The molecule has 1 N–H and O–H groups in total. The van der Waals surface area contributed by atoms with Gasteiger partial charge < -0.3 is 10.1 Å². The van der Waals surface area contributed by atoms with Crippen LogP contribution in [0.3, 0.4) is 0 Å². The minimum Gasteiger partial charge on any atom is -0.449 e. The highest BCUT2D eigenvalue weighted by molar-refractivity contribution is 7.89. The zero-order valence-corrected chi connectivity index (χ0v) is 20.8. The first-order chi connectivity index (χ1) is 16.6. The zero-order chi connectivity index (χ0) is 25.3. The number of anilines is 2. The van der Waals surface area contributed by atoms with E-state index >= 15 is 0 Å². The van der Waals surface area contributed by atoms with Gasteiger partial charge in [0.2, 0.25) is 15.9 Å². The fourth-order valence-corrected chi connectivity index (χ4v) is 6.20. The van der Waals surface area contributed by atoms with Crippen molar-refractivity contribution in [2.45, 2.75) is 57.1 Å². The number of rotatable bonds is 5. The third-order valence-corrected chi connectivity index (χ3v) is 8.46. The van der Waals surface area contributed by atoms with Crippen LogP contribution in [-0.2, 0) is 24.3 Å². The van der Waals surface area contributed by atoms with Crippen molar-refractivity contribution in [3.63, 3.8) is 0 Å². The first kappa shape index (κ1) is 24.9. The molecule has 2 amide bonds. The van der Waals surface area contributed by atoms with E-state index in [9.17, 15) is 22.8 Å². The van der Waals surface area contributed by atoms with Gasteiger partial charge in [-0.05, 0) is 63.4 Å². The lowest BCUT2D eigenvalue weighted by atomic mass is 10.1. The molecule has 0 radical (unpaired) electrons. The van der Waals surface area contributed by atoms with Crippen LogP contribution in [0.5, 0.6) is 0 Å². The standard InChI is InChI=1S/C25H29N3O6S/c1-16-11-12-19(35(32,33)28-13-7-6-8-17(28)2)14-20(16)25(31)34-18(3)24(30)27-15-23(29)26-21-9-4-5-10-22(21)27/h4-5,9-12,14,17-18H,6-8,13,15H2,1-3H3,(H,26,29)/t17-,18-/m0/s1. The van der Waals surface area contributed by atoms with Gasteiger partial charge in [0.25, 0.3) is 5.91 Å². The predicted molar refractivity (Wildman–Crippen MR) is 131 cm³/mol. The molecule has 0 saturated carbocycles. The molecule has 0 aliphatic carbocycles. The third-order valence-electron chi connectivity index (χ3n) is 6.45. The topological polar surface area (TPSA) is 113 Å². The Morgan fingerprint density at radius 3 is 2.63 bits per heavy atom. The molecule has 2 aliphatic heterocycles. The van der Waals surface area contributed by atoms with Crippen LogP contribution in [-0.4, -0.2) is 55.7 Å². The van der Waals surface area contributed by atoms with Crippen LogP contribution >= 0.6 is 0 Å². The molecule has 2 aromatic carbocycles. The molecule has 2 aromatic rings. The first-order valence-electron chi connectivity index (χ1n) is 11.6. The van der Waals surface area contributed by atoms with E-state index in [0.717, 1.165) is 19.3 Å². The number of sulfonamides is 1. The number of para-hydroxylation sites is 2. The van der Waals surface area contributed by atoms with Crippen molar-refractivity contribution < 1.29 is 27.5 Å². The Labute approximate surface area is 205 Å². The summed E-state index contributed by atoms with van der Waals surface area (Å²) in [5.41, 5.74) is 1.62. The normalized spacial score (nSPS) is 19.5. The highest BCUT2D eigenvalue weighted by Crippen LogP contribution is 2.30. The summed E-state index contributed by atoms with van der Waals surface area (Å²) in [6.45, 7) is 5.23.